The number of aliphatic hydroxyl groups is 2. The minimum Gasteiger partial charge on any atom is -0.390 e. The number of hydrogen-bond acceptors (Lipinski definition) is 2. The molecule has 0 aromatic carbocycles. The molecule has 4 saturated carbocycles. The van der Waals surface area contributed by atoms with Gasteiger partial charge >= 0.3 is 0 Å². The Morgan fingerprint density at radius 1 is 0.897 bits per heavy atom. The van der Waals surface area contributed by atoms with Gasteiger partial charge in [0.1, 0.15) is 0 Å². The van der Waals surface area contributed by atoms with E-state index in [1.54, 1.807) is 0 Å². The monoisotopic (exact) mass is 404 g/mol. The summed E-state index contributed by atoms with van der Waals surface area (Å²) in [6, 6.07) is 0. The summed E-state index contributed by atoms with van der Waals surface area (Å²) >= 11 is 0. The van der Waals surface area contributed by atoms with E-state index in [0.29, 0.717) is 17.3 Å². The van der Waals surface area contributed by atoms with E-state index in [9.17, 15) is 10.2 Å². The summed E-state index contributed by atoms with van der Waals surface area (Å²) < 4.78 is 0. The quantitative estimate of drug-likeness (QED) is 0.543. The highest BCUT2D eigenvalue weighted by Crippen LogP contribution is 2.69. The molecule has 0 amide bonds. The Morgan fingerprint density at radius 3 is 2.34 bits per heavy atom. The van der Waals surface area contributed by atoms with E-state index in [-0.39, 0.29) is 5.41 Å². The van der Waals surface area contributed by atoms with E-state index in [1.165, 1.54) is 51.4 Å². The number of fused-ring (bicyclic) bond motifs is 5. The summed E-state index contributed by atoms with van der Waals surface area (Å²) in [7, 11) is 0. The van der Waals surface area contributed by atoms with Gasteiger partial charge in [0.25, 0.3) is 0 Å². The minimum atomic E-state index is -0.831. The fourth-order valence-electron chi connectivity index (χ4n) is 9.33. The van der Waals surface area contributed by atoms with E-state index >= 15 is 0 Å². The average molecular weight is 405 g/mol. The summed E-state index contributed by atoms with van der Waals surface area (Å²) in [5.41, 5.74) is -0.448. The van der Waals surface area contributed by atoms with Gasteiger partial charge in [-0.15, -0.1) is 0 Å². The lowest BCUT2D eigenvalue weighted by Crippen LogP contribution is -2.67. The van der Waals surface area contributed by atoms with Gasteiger partial charge in [-0.2, -0.15) is 0 Å². The minimum absolute atomic E-state index is 0.0735. The number of hydrogen-bond donors (Lipinski definition) is 2. The Morgan fingerprint density at radius 2 is 1.62 bits per heavy atom. The fourth-order valence-corrected chi connectivity index (χ4v) is 9.33. The van der Waals surface area contributed by atoms with E-state index in [1.807, 2.05) is 0 Å². The molecule has 0 saturated heterocycles. The van der Waals surface area contributed by atoms with Gasteiger partial charge in [0, 0.05) is 5.41 Å². The van der Waals surface area contributed by atoms with Crippen LogP contribution in [-0.2, 0) is 0 Å². The molecule has 2 N–H and O–H groups in total. The van der Waals surface area contributed by atoms with Crippen molar-refractivity contribution in [2.24, 2.45) is 46.3 Å². The van der Waals surface area contributed by atoms with Gasteiger partial charge in [-0.25, -0.2) is 0 Å². The third-order valence-electron chi connectivity index (χ3n) is 11.0. The van der Waals surface area contributed by atoms with Gasteiger partial charge in [0.2, 0.25) is 0 Å². The Hall–Kier alpha value is -0.0800. The van der Waals surface area contributed by atoms with Crippen molar-refractivity contribution in [1.29, 1.82) is 0 Å². The largest absolute Gasteiger partial charge is 0.390 e. The molecule has 4 aliphatic rings. The van der Waals surface area contributed by atoms with E-state index in [4.69, 9.17) is 0 Å². The van der Waals surface area contributed by atoms with Crippen LogP contribution in [0.3, 0.4) is 0 Å². The first kappa shape index (κ1) is 22.1. The molecule has 2 heteroatoms. The molecule has 0 heterocycles. The van der Waals surface area contributed by atoms with Crippen LogP contribution in [0.4, 0.5) is 0 Å². The Labute approximate surface area is 180 Å². The molecule has 29 heavy (non-hydrogen) atoms. The standard InChI is InChI=1S/C27H48O2/c1-18(2)9-8-10-19(3)21-11-12-22-20-17-24(28)27(29)15-7-6-14-26(27,5)23(20)13-16-25(21,22)4/h18-24,28-29H,6-17H2,1-5H3/t19-,20+,21+,22-,23-,24+,25-,26-,27-/m1/s1. The molecule has 0 aliphatic heterocycles. The zero-order valence-corrected chi connectivity index (χ0v) is 19.9. The van der Waals surface area contributed by atoms with E-state index in [2.05, 4.69) is 34.6 Å². The zero-order chi connectivity index (χ0) is 21.0. The maximum Gasteiger partial charge on any atom is 0.0961 e. The molecule has 4 fully saturated rings. The van der Waals surface area contributed by atoms with Gasteiger partial charge in [-0.05, 0) is 85.9 Å². The van der Waals surface area contributed by atoms with Crippen molar-refractivity contribution < 1.29 is 10.2 Å². The molecule has 9 atom stereocenters. The second kappa shape index (κ2) is 7.80. The first-order chi connectivity index (χ1) is 13.6. The third-order valence-corrected chi connectivity index (χ3v) is 11.0. The Kier molecular flexibility index (Phi) is 5.95. The highest BCUT2D eigenvalue weighted by atomic mass is 16.3. The zero-order valence-electron chi connectivity index (χ0n) is 19.9. The molecule has 0 radical (unpaired) electrons. The first-order valence-electron chi connectivity index (χ1n) is 13.0. The molecule has 0 aromatic rings. The number of aliphatic hydroxyl groups excluding tert-OH is 1. The molecule has 2 nitrogen and oxygen atoms in total. The summed E-state index contributed by atoms with van der Waals surface area (Å²) in [6.45, 7) is 12.2. The van der Waals surface area contributed by atoms with Crippen molar-refractivity contribution in [1.82, 2.24) is 0 Å². The maximum atomic E-state index is 11.6. The molecule has 0 bridgehead atoms. The van der Waals surface area contributed by atoms with E-state index < -0.39 is 11.7 Å². The predicted octanol–water partition coefficient (Wildman–Crippen LogP) is 6.58. The Balaban J connectivity index is 1.53. The van der Waals surface area contributed by atoms with Crippen molar-refractivity contribution in [2.45, 2.75) is 123 Å². The van der Waals surface area contributed by atoms with Gasteiger partial charge in [-0.1, -0.05) is 66.7 Å². The van der Waals surface area contributed by atoms with Gasteiger partial charge < -0.3 is 10.2 Å². The first-order valence-corrected chi connectivity index (χ1v) is 13.0. The SMILES string of the molecule is CC(C)CCC[C@@H](C)[C@@H]1CC[C@@H]2[C@@H]3C[C@H](O)[C@]4(O)CCCC[C@]4(C)[C@@H]3CC[C@@]21C. The summed E-state index contributed by atoms with van der Waals surface area (Å²) in [5.74, 6) is 4.51. The molecule has 0 spiro atoms. The van der Waals surface area contributed by atoms with Gasteiger partial charge in [-0.3, -0.25) is 0 Å². The topological polar surface area (TPSA) is 40.5 Å². The Bertz CT molecular complexity index is 587. The summed E-state index contributed by atoms with van der Waals surface area (Å²) in [6.07, 6.45) is 14.1. The molecular formula is C27H48O2. The highest BCUT2D eigenvalue weighted by Gasteiger charge is 2.66. The van der Waals surface area contributed by atoms with Crippen molar-refractivity contribution in [3.05, 3.63) is 0 Å². The average Bonchev–Trinajstić information content (AvgIpc) is 3.01. The molecular weight excluding hydrogens is 356 g/mol. The third kappa shape index (κ3) is 3.34. The van der Waals surface area contributed by atoms with Gasteiger partial charge in [0.15, 0.2) is 0 Å². The molecule has 4 rings (SSSR count). The second-order valence-electron chi connectivity index (χ2n) is 12.7. The van der Waals surface area contributed by atoms with Crippen LogP contribution in [-0.4, -0.2) is 21.9 Å². The van der Waals surface area contributed by atoms with Crippen LogP contribution in [0.2, 0.25) is 0 Å². The van der Waals surface area contributed by atoms with E-state index in [0.717, 1.165) is 49.4 Å². The second-order valence-corrected chi connectivity index (χ2v) is 12.7. The number of rotatable bonds is 5. The lowest BCUT2D eigenvalue weighted by molar-refractivity contribution is -0.253. The van der Waals surface area contributed by atoms with Crippen molar-refractivity contribution in [3.8, 4) is 0 Å². The molecule has 4 aliphatic carbocycles. The van der Waals surface area contributed by atoms with Crippen LogP contribution in [0.15, 0.2) is 0 Å². The van der Waals surface area contributed by atoms with Crippen LogP contribution in [0.5, 0.6) is 0 Å². The van der Waals surface area contributed by atoms with Crippen LogP contribution >= 0.6 is 0 Å². The predicted molar refractivity (Wildman–Crippen MR) is 121 cm³/mol. The van der Waals surface area contributed by atoms with Crippen molar-refractivity contribution in [3.63, 3.8) is 0 Å². The molecule has 168 valence electrons. The molecule has 0 unspecified atom stereocenters. The molecule has 0 aromatic heterocycles. The van der Waals surface area contributed by atoms with Crippen molar-refractivity contribution in [2.75, 3.05) is 0 Å². The summed E-state index contributed by atoms with van der Waals surface area (Å²) in [4.78, 5) is 0. The lowest BCUT2D eigenvalue weighted by Gasteiger charge is -2.65. The smallest absolute Gasteiger partial charge is 0.0961 e. The van der Waals surface area contributed by atoms with Gasteiger partial charge in [0.05, 0.1) is 11.7 Å². The van der Waals surface area contributed by atoms with Crippen LogP contribution in [0.1, 0.15) is 112 Å². The van der Waals surface area contributed by atoms with Crippen LogP contribution in [0.25, 0.3) is 0 Å². The maximum absolute atomic E-state index is 11.6. The normalized spacial score (nSPS) is 50.7. The fraction of sp³-hybridized carbons (Fsp3) is 1.00. The summed E-state index contributed by atoms with van der Waals surface area (Å²) in [5, 5.41) is 22.8. The van der Waals surface area contributed by atoms with Crippen molar-refractivity contribution >= 4 is 0 Å². The van der Waals surface area contributed by atoms with Crippen LogP contribution < -0.4 is 0 Å². The lowest BCUT2D eigenvalue weighted by atomic mass is 9.42. The highest BCUT2D eigenvalue weighted by molar-refractivity contribution is 5.16. The van der Waals surface area contributed by atoms with Crippen LogP contribution in [0, 0.1) is 46.3 Å².